The van der Waals surface area contributed by atoms with E-state index in [2.05, 4.69) is 39.6 Å². The third-order valence-electron chi connectivity index (χ3n) is 8.74. The maximum Gasteiger partial charge on any atom is 0.184 e. The predicted octanol–water partition coefficient (Wildman–Crippen LogP) is 6.95. The molecule has 0 amide bonds. The first-order chi connectivity index (χ1) is 11.8. The second-order valence-corrected chi connectivity index (χ2v) is 15.3. The highest BCUT2D eigenvalue weighted by molar-refractivity contribution is 6.69. The maximum atomic E-state index is 7.02. The van der Waals surface area contributed by atoms with Gasteiger partial charge in [-0.05, 0) is 113 Å². The van der Waals surface area contributed by atoms with E-state index in [-0.39, 0.29) is 5.60 Å². The van der Waals surface area contributed by atoms with E-state index in [1.54, 1.807) is 0 Å². The molecule has 0 aromatic heterocycles. The quantitative estimate of drug-likeness (QED) is 0.391. The maximum absolute atomic E-state index is 7.02. The van der Waals surface area contributed by atoms with Gasteiger partial charge in [-0.1, -0.05) is 25.5 Å². The number of allylic oxidation sites excluding steroid dienone is 2. The highest BCUT2D eigenvalue weighted by Gasteiger charge is 2.63. The van der Waals surface area contributed by atoms with Gasteiger partial charge in [0.2, 0.25) is 0 Å². The van der Waals surface area contributed by atoms with E-state index in [4.69, 9.17) is 4.43 Å². The van der Waals surface area contributed by atoms with Crippen LogP contribution in [0.1, 0.15) is 78.1 Å². The van der Waals surface area contributed by atoms with Crippen molar-refractivity contribution in [2.24, 2.45) is 29.1 Å². The monoisotopic (exact) mass is 360 g/mol. The normalized spacial score (nSPS) is 46.8. The zero-order chi connectivity index (χ0) is 17.9. The number of hydrogen-bond donors (Lipinski definition) is 0. The Hall–Kier alpha value is -0.0831. The summed E-state index contributed by atoms with van der Waals surface area (Å²) in [5, 5.41) is 0. The van der Waals surface area contributed by atoms with Gasteiger partial charge in [-0.25, -0.2) is 0 Å². The standard InChI is InChI=1S/C23H40OSi/c1-6-23(24-25(3,4)5)16-14-21-20-12-11-17-9-7-8-10-18(17)19(20)13-15-22(21,23)2/h9,18-21H,6-8,10-16H2,1-5H3/t18-,19+,20+,21-,22-,23+/m0/s1. The fourth-order valence-electron chi connectivity index (χ4n) is 7.80. The fourth-order valence-corrected chi connectivity index (χ4v) is 9.45. The van der Waals surface area contributed by atoms with E-state index in [0.717, 1.165) is 23.7 Å². The topological polar surface area (TPSA) is 9.23 Å². The lowest BCUT2D eigenvalue weighted by Gasteiger charge is -2.57. The smallest absolute Gasteiger partial charge is 0.184 e. The van der Waals surface area contributed by atoms with E-state index in [9.17, 15) is 0 Å². The lowest BCUT2D eigenvalue weighted by Crippen LogP contribution is -2.56. The Morgan fingerprint density at radius 2 is 1.88 bits per heavy atom. The highest BCUT2D eigenvalue weighted by atomic mass is 28.4. The molecule has 0 saturated heterocycles. The van der Waals surface area contributed by atoms with E-state index < -0.39 is 8.32 Å². The summed E-state index contributed by atoms with van der Waals surface area (Å²) in [7, 11) is -1.52. The minimum atomic E-state index is -1.52. The third kappa shape index (κ3) is 2.81. The Morgan fingerprint density at radius 1 is 1.08 bits per heavy atom. The summed E-state index contributed by atoms with van der Waals surface area (Å²) in [5.74, 6) is 3.85. The molecule has 0 radical (unpaired) electrons. The van der Waals surface area contributed by atoms with Gasteiger partial charge in [-0.15, -0.1) is 0 Å². The molecular formula is C23H40OSi. The summed E-state index contributed by atoms with van der Waals surface area (Å²) in [4.78, 5) is 0. The molecule has 0 aliphatic heterocycles. The molecule has 0 unspecified atom stereocenters. The van der Waals surface area contributed by atoms with Crippen molar-refractivity contribution in [3.63, 3.8) is 0 Å². The molecule has 0 aromatic rings. The first-order valence-electron chi connectivity index (χ1n) is 11.2. The largest absolute Gasteiger partial charge is 0.412 e. The minimum absolute atomic E-state index is 0.176. The van der Waals surface area contributed by atoms with Crippen molar-refractivity contribution in [1.29, 1.82) is 0 Å². The van der Waals surface area contributed by atoms with Crippen LogP contribution in [0.2, 0.25) is 19.6 Å². The molecule has 2 heteroatoms. The molecular weight excluding hydrogens is 320 g/mol. The first-order valence-corrected chi connectivity index (χ1v) is 14.6. The molecule has 0 bridgehead atoms. The fraction of sp³-hybridized carbons (Fsp3) is 0.913. The van der Waals surface area contributed by atoms with Gasteiger partial charge in [0.15, 0.2) is 8.32 Å². The Labute approximate surface area is 157 Å². The molecule has 25 heavy (non-hydrogen) atoms. The molecule has 4 aliphatic rings. The van der Waals surface area contributed by atoms with Crippen LogP contribution < -0.4 is 0 Å². The Morgan fingerprint density at radius 3 is 2.60 bits per heavy atom. The SMILES string of the molecule is CC[C@@]1(O[Si](C)(C)C)CC[C@H]2[C@@H]3CCC4=CCCC[C@@H]4[C@H]3CC[C@@]21C. The van der Waals surface area contributed by atoms with E-state index in [0.29, 0.717) is 5.41 Å². The van der Waals surface area contributed by atoms with Gasteiger partial charge in [0.05, 0.1) is 5.60 Å². The Kier molecular flexibility index (Phi) is 4.55. The summed E-state index contributed by atoms with van der Waals surface area (Å²) in [6, 6.07) is 0. The highest BCUT2D eigenvalue weighted by Crippen LogP contribution is 2.66. The van der Waals surface area contributed by atoms with Crippen molar-refractivity contribution in [1.82, 2.24) is 0 Å². The van der Waals surface area contributed by atoms with Crippen molar-refractivity contribution in [3.05, 3.63) is 11.6 Å². The molecule has 4 aliphatic carbocycles. The number of rotatable bonds is 3. The van der Waals surface area contributed by atoms with Gasteiger partial charge in [0.25, 0.3) is 0 Å². The van der Waals surface area contributed by atoms with Crippen LogP contribution in [0, 0.1) is 29.1 Å². The third-order valence-corrected chi connectivity index (χ3v) is 9.74. The molecule has 6 atom stereocenters. The molecule has 0 N–H and O–H groups in total. The van der Waals surface area contributed by atoms with Crippen LogP contribution in [-0.4, -0.2) is 13.9 Å². The summed E-state index contributed by atoms with van der Waals surface area (Å²) in [6.45, 7) is 12.2. The molecule has 0 aromatic carbocycles. The van der Waals surface area contributed by atoms with Crippen molar-refractivity contribution in [2.45, 2.75) is 103 Å². The summed E-state index contributed by atoms with van der Waals surface area (Å²) in [6.07, 6.45) is 16.6. The first kappa shape index (κ1) is 18.3. The van der Waals surface area contributed by atoms with Crippen LogP contribution in [-0.2, 0) is 4.43 Å². The average Bonchev–Trinajstić information content (AvgIpc) is 2.86. The molecule has 4 rings (SSSR count). The summed E-state index contributed by atoms with van der Waals surface area (Å²) < 4.78 is 7.02. The average molecular weight is 361 g/mol. The molecule has 142 valence electrons. The number of fused-ring (bicyclic) bond motifs is 5. The molecule has 3 fully saturated rings. The van der Waals surface area contributed by atoms with Crippen molar-refractivity contribution < 1.29 is 4.43 Å². The lowest BCUT2D eigenvalue weighted by molar-refractivity contribution is -0.108. The predicted molar refractivity (Wildman–Crippen MR) is 109 cm³/mol. The van der Waals surface area contributed by atoms with Crippen LogP contribution in [0.15, 0.2) is 11.6 Å². The van der Waals surface area contributed by atoms with Gasteiger partial charge in [-0.2, -0.15) is 0 Å². The van der Waals surface area contributed by atoms with Crippen LogP contribution in [0.3, 0.4) is 0 Å². The molecule has 1 nitrogen and oxygen atoms in total. The van der Waals surface area contributed by atoms with Crippen LogP contribution in [0.4, 0.5) is 0 Å². The minimum Gasteiger partial charge on any atom is -0.412 e. The second kappa shape index (κ2) is 6.23. The van der Waals surface area contributed by atoms with E-state index >= 15 is 0 Å². The van der Waals surface area contributed by atoms with Gasteiger partial charge < -0.3 is 4.43 Å². The van der Waals surface area contributed by atoms with E-state index in [1.807, 2.05) is 5.57 Å². The number of hydrogen-bond acceptors (Lipinski definition) is 1. The summed E-state index contributed by atoms with van der Waals surface area (Å²) in [5.41, 5.74) is 2.46. The molecule has 0 heterocycles. The zero-order valence-electron chi connectivity index (χ0n) is 17.4. The van der Waals surface area contributed by atoms with Crippen LogP contribution >= 0.6 is 0 Å². The van der Waals surface area contributed by atoms with Crippen LogP contribution in [0.5, 0.6) is 0 Å². The van der Waals surface area contributed by atoms with E-state index in [1.165, 1.54) is 64.2 Å². The van der Waals surface area contributed by atoms with Crippen LogP contribution in [0.25, 0.3) is 0 Å². The van der Waals surface area contributed by atoms with Crippen molar-refractivity contribution >= 4 is 8.32 Å². The Balaban J connectivity index is 1.62. The molecule has 3 saturated carbocycles. The van der Waals surface area contributed by atoms with Gasteiger partial charge >= 0.3 is 0 Å². The van der Waals surface area contributed by atoms with Crippen molar-refractivity contribution in [2.75, 3.05) is 0 Å². The Bertz CT molecular complexity index is 547. The second-order valence-electron chi connectivity index (χ2n) is 10.8. The summed E-state index contributed by atoms with van der Waals surface area (Å²) >= 11 is 0. The zero-order valence-corrected chi connectivity index (χ0v) is 18.4. The van der Waals surface area contributed by atoms with Crippen molar-refractivity contribution in [3.8, 4) is 0 Å². The molecule has 0 spiro atoms. The lowest BCUT2D eigenvalue weighted by atomic mass is 9.50. The van der Waals surface area contributed by atoms with Gasteiger partial charge in [-0.3, -0.25) is 0 Å². The van der Waals surface area contributed by atoms with Gasteiger partial charge in [0.1, 0.15) is 0 Å². The van der Waals surface area contributed by atoms with Gasteiger partial charge in [0, 0.05) is 0 Å².